The summed E-state index contributed by atoms with van der Waals surface area (Å²) < 4.78 is 0. The molecule has 110 valence electrons. The molecule has 3 rings (SSSR count). The number of rotatable bonds is 3. The van der Waals surface area contributed by atoms with Crippen LogP contribution in [0.4, 0.5) is 0 Å². The first-order valence-corrected chi connectivity index (χ1v) is 7.82. The number of hydrogen-bond donors (Lipinski definition) is 5. The van der Waals surface area contributed by atoms with E-state index in [0.29, 0.717) is 24.2 Å². The molecule has 3 aliphatic rings. The van der Waals surface area contributed by atoms with Crippen molar-refractivity contribution >= 4 is 0 Å². The SMILES string of the molecule is CC1CCCC(O)(CNC2NCNC3NCCC32)C1. The van der Waals surface area contributed by atoms with Crippen molar-refractivity contribution in [1.82, 2.24) is 21.3 Å². The standard InChI is InChI=1S/C14H28N4O/c1-10-3-2-5-14(19,7-10)8-16-13-11-4-6-15-12(11)17-9-18-13/h10-13,15-19H,2-9H2,1H3. The van der Waals surface area contributed by atoms with Crippen molar-refractivity contribution in [2.75, 3.05) is 19.8 Å². The average molecular weight is 268 g/mol. The zero-order chi connectivity index (χ0) is 13.3. The van der Waals surface area contributed by atoms with Crippen LogP contribution in [0.25, 0.3) is 0 Å². The first-order valence-electron chi connectivity index (χ1n) is 7.82. The Morgan fingerprint density at radius 2 is 2.16 bits per heavy atom. The Morgan fingerprint density at radius 1 is 1.26 bits per heavy atom. The quantitative estimate of drug-likeness (QED) is 0.496. The summed E-state index contributed by atoms with van der Waals surface area (Å²) in [4.78, 5) is 0. The fourth-order valence-corrected chi connectivity index (χ4v) is 4.05. The van der Waals surface area contributed by atoms with Gasteiger partial charge in [-0.1, -0.05) is 19.8 Å². The fourth-order valence-electron chi connectivity index (χ4n) is 4.05. The van der Waals surface area contributed by atoms with E-state index in [9.17, 15) is 5.11 Å². The van der Waals surface area contributed by atoms with Gasteiger partial charge in [-0.05, 0) is 31.7 Å². The molecule has 1 aliphatic carbocycles. The summed E-state index contributed by atoms with van der Waals surface area (Å²) in [6, 6.07) is 0. The van der Waals surface area contributed by atoms with Gasteiger partial charge in [-0.15, -0.1) is 0 Å². The lowest BCUT2D eigenvalue weighted by Gasteiger charge is -2.40. The van der Waals surface area contributed by atoms with Crippen molar-refractivity contribution in [3.63, 3.8) is 0 Å². The molecule has 5 nitrogen and oxygen atoms in total. The third-order valence-corrected chi connectivity index (χ3v) is 5.06. The molecule has 0 amide bonds. The summed E-state index contributed by atoms with van der Waals surface area (Å²) in [5, 5.41) is 24.7. The van der Waals surface area contributed by atoms with E-state index in [0.717, 1.165) is 39.0 Å². The van der Waals surface area contributed by atoms with E-state index in [-0.39, 0.29) is 0 Å². The Morgan fingerprint density at radius 3 is 3.00 bits per heavy atom. The molecular weight excluding hydrogens is 240 g/mol. The first kappa shape index (κ1) is 13.8. The Labute approximate surface area is 115 Å². The van der Waals surface area contributed by atoms with Crippen molar-refractivity contribution in [1.29, 1.82) is 0 Å². The summed E-state index contributed by atoms with van der Waals surface area (Å²) in [6.07, 6.45) is 6.26. The predicted octanol–water partition coefficient (Wildman–Crippen LogP) is -0.0708. The van der Waals surface area contributed by atoms with Crippen LogP contribution in [-0.4, -0.2) is 42.8 Å². The summed E-state index contributed by atoms with van der Waals surface area (Å²) in [5.74, 6) is 1.24. The van der Waals surface area contributed by atoms with Gasteiger partial charge in [-0.2, -0.15) is 0 Å². The molecule has 5 heteroatoms. The van der Waals surface area contributed by atoms with Crippen LogP contribution in [0.3, 0.4) is 0 Å². The van der Waals surface area contributed by atoms with Crippen LogP contribution in [0, 0.1) is 11.8 Å². The normalized spacial score (nSPS) is 47.1. The van der Waals surface area contributed by atoms with Gasteiger partial charge < -0.3 is 10.4 Å². The first-order chi connectivity index (χ1) is 9.16. The van der Waals surface area contributed by atoms with Crippen LogP contribution in [0.2, 0.25) is 0 Å². The smallest absolute Gasteiger partial charge is 0.0774 e. The molecule has 5 N–H and O–H groups in total. The number of aliphatic hydroxyl groups is 1. The van der Waals surface area contributed by atoms with Gasteiger partial charge >= 0.3 is 0 Å². The summed E-state index contributed by atoms with van der Waals surface area (Å²) in [6.45, 7) is 4.90. The van der Waals surface area contributed by atoms with E-state index < -0.39 is 5.60 Å². The molecule has 2 heterocycles. The molecule has 5 unspecified atom stereocenters. The molecule has 5 atom stereocenters. The molecule has 1 saturated carbocycles. The molecule has 2 aliphatic heterocycles. The minimum atomic E-state index is -0.494. The molecule has 0 spiro atoms. The van der Waals surface area contributed by atoms with Gasteiger partial charge in [-0.3, -0.25) is 16.0 Å². The van der Waals surface area contributed by atoms with E-state index in [4.69, 9.17) is 0 Å². The Kier molecular flexibility index (Phi) is 4.10. The van der Waals surface area contributed by atoms with E-state index in [1.807, 2.05) is 0 Å². The summed E-state index contributed by atoms with van der Waals surface area (Å²) in [7, 11) is 0. The molecule has 3 fully saturated rings. The lowest BCUT2D eigenvalue weighted by molar-refractivity contribution is -0.0178. The monoisotopic (exact) mass is 268 g/mol. The van der Waals surface area contributed by atoms with Crippen LogP contribution in [0.1, 0.15) is 39.0 Å². The molecule has 0 bridgehead atoms. The van der Waals surface area contributed by atoms with E-state index >= 15 is 0 Å². The molecule has 0 aromatic rings. The fraction of sp³-hybridized carbons (Fsp3) is 1.00. The van der Waals surface area contributed by atoms with Crippen molar-refractivity contribution in [2.24, 2.45) is 11.8 Å². The maximum Gasteiger partial charge on any atom is 0.0774 e. The molecular formula is C14H28N4O. The molecule has 0 aromatic carbocycles. The van der Waals surface area contributed by atoms with Crippen LogP contribution < -0.4 is 21.3 Å². The highest BCUT2D eigenvalue weighted by Gasteiger charge is 2.38. The number of nitrogens with one attached hydrogen (secondary N) is 4. The largest absolute Gasteiger partial charge is 0.389 e. The third kappa shape index (κ3) is 3.11. The van der Waals surface area contributed by atoms with Crippen LogP contribution in [0.15, 0.2) is 0 Å². The maximum absolute atomic E-state index is 10.7. The van der Waals surface area contributed by atoms with Gasteiger partial charge in [-0.25, -0.2) is 0 Å². The molecule has 19 heavy (non-hydrogen) atoms. The van der Waals surface area contributed by atoms with Gasteiger partial charge in [0.15, 0.2) is 0 Å². The second-order valence-corrected chi connectivity index (χ2v) is 6.75. The highest BCUT2D eigenvalue weighted by molar-refractivity contribution is 4.94. The minimum Gasteiger partial charge on any atom is -0.389 e. The van der Waals surface area contributed by atoms with Gasteiger partial charge in [0.25, 0.3) is 0 Å². The van der Waals surface area contributed by atoms with Crippen LogP contribution >= 0.6 is 0 Å². The number of fused-ring (bicyclic) bond motifs is 1. The maximum atomic E-state index is 10.7. The molecule has 0 aromatic heterocycles. The summed E-state index contributed by atoms with van der Waals surface area (Å²) >= 11 is 0. The molecule has 2 saturated heterocycles. The van der Waals surface area contributed by atoms with Crippen molar-refractivity contribution in [2.45, 2.75) is 57.0 Å². The lowest BCUT2D eigenvalue weighted by atomic mass is 9.79. The highest BCUT2D eigenvalue weighted by Crippen LogP contribution is 2.32. The summed E-state index contributed by atoms with van der Waals surface area (Å²) in [5.41, 5.74) is -0.494. The van der Waals surface area contributed by atoms with Crippen LogP contribution in [-0.2, 0) is 0 Å². The minimum absolute atomic E-state index is 0.322. The Bertz CT molecular complexity index is 314. The third-order valence-electron chi connectivity index (χ3n) is 5.06. The Hall–Kier alpha value is -0.200. The molecule has 0 radical (unpaired) electrons. The van der Waals surface area contributed by atoms with Crippen molar-refractivity contribution < 1.29 is 5.11 Å². The van der Waals surface area contributed by atoms with E-state index in [1.54, 1.807) is 0 Å². The van der Waals surface area contributed by atoms with Crippen molar-refractivity contribution in [3.05, 3.63) is 0 Å². The topological polar surface area (TPSA) is 68.3 Å². The Balaban J connectivity index is 1.53. The zero-order valence-electron chi connectivity index (χ0n) is 11.9. The van der Waals surface area contributed by atoms with Gasteiger partial charge in [0.1, 0.15) is 0 Å². The number of hydrogen-bond acceptors (Lipinski definition) is 5. The second-order valence-electron chi connectivity index (χ2n) is 6.75. The van der Waals surface area contributed by atoms with E-state index in [1.165, 1.54) is 12.8 Å². The second kappa shape index (κ2) is 5.66. The van der Waals surface area contributed by atoms with Gasteiger partial charge in [0.05, 0.1) is 17.9 Å². The lowest BCUT2D eigenvalue weighted by Crippen LogP contribution is -2.64. The highest BCUT2D eigenvalue weighted by atomic mass is 16.3. The van der Waals surface area contributed by atoms with Gasteiger partial charge in [0.2, 0.25) is 0 Å². The van der Waals surface area contributed by atoms with E-state index in [2.05, 4.69) is 28.2 Å². The van der Waals surface area contributed by atoms with Gasteiger partial charge in [0, 0.05) is 19.1 Å². The van der Waals surface area contributed by atoms with Crippen molar-refractivity contribution in [3.8, 4) is 0 Å². The van der Waals surface area contributed by atoms with Crippen LogP contribution in [0.5, 0.6) is 0 Å². The average Bonchev–Trinajstić information content (AvgIpc) is 2.85. The predicted molar refractivity (Wildman–Crippen MR) is 75.4 cm³/mol. The zero-order valence-corrected chi connectivity index (χ0v) is 11.9.